The van der Waals surface area contributed by atoms with Gasteiger partial charge in [-0.25, -0.2) is 4.39 Å². The van der Waals surface area contributed by atoms with Crippen molar-refractivity contribution in [3.63, 3.8) is 0 Å². The van der Waals surface area contributed by atoms with Crippen molar-refractivity contribution in [2.24, 2.45) is 17.1 Å². The third kappa shape index (κ3) is 3.51. The number of hydrogen-bond donors (Lipinski definition) is 1. The average molecular weight is 278 g/mol. The van der Waals surface area contributed by atoms with Gasteiger partial charge >= 0.3 is 0 Å². The van der Waals surface area contributed by atoms with E-state index in [0.717, 1.165) is 24.7 Å². The van der Waals surface area contributed by atoms with Crippen LogP contribution in [0.3, 0.4) is 0 Å². The molecule has 1 unspecified atom stereocenters. The van der Waals surface area contributed by atoms with E-state index in [1.807, 2.05) is 12.1 Å². The first-order chi connectivity index (χ1) is 9.41. The van der Waals surface area contributed by atoms with Crippen molar-refractivity contribution in [3.8, 4) is 0 Å². The van der Waals surface area contributed by atoms with Gasteiger partial charge in [-0.2, -0.15) is 0 Å². The van der Waals surface area contributed by atoms with E-state index in [-0.39, 0.29) is 12.4 Å². The molecule has 0 spiro atoms. The standard InChI is InChI=1S/C17H27FN2/c1-17(2,3)14-5-4-9-20(10-8-14)15-7-6-13(12-19)16(18)11-15/h6-7,11,14H,4-5,8-10,12,19H2,1-3H3. The fraction of sp³-hybridized carbons (Fsp3) is 0.647. The number of hydrogen-bond acceptors (Lipinski definition) is 2. The Hall–Kier alpha value is -1.09. The maximum atomic E-state index is 13.9. The SMILES string of the molecule is CC(C)(C)C1CCCN(c2ccc(CN)c(F)c2)CC1. The first-order valence-electron chi connectivity index (χ1n) is 7.65. The summed E-state index contributed by atoms with van der Waals surface area (Å²) in [6, 6.07) is 5.46. The predicted molar refractivity (Wildman–Crippen MR) is 83.3 cm³/mol. The molecule has 112 valence electrons. The molecule has 1 atom stereocenters. The van der Waals surface area contributed by atoms with Crippen LogP contribution in [0.4, 0.5) is 10.1 Å². The van der Waals surface area contributed by atoms with Gasteiger partial charge in [-0.15, -0.1) is 0 Å². The maximum Gasteiger partial charge on any atom is 0.129 e. The van der Waals surface area contributed by atoms with Crippen LogP contribution in [0.5, 0.6) is 0 Å². The predicted octanol–water partition coefficient (Wildman–Crippen LogP) is 3.94. The lowest BCUT2D eigenvalue weighted by molar-refractivity contribution is 0.220. The molecule has 0 saturated carbocycles. The van der Waals surface area contributed by atoms with E-state index >= 15 is 0 Å². The smallest absolute Gasteiger partial charge is 0.129 e. The van der Waals surface area contributed by atoms with Crippen molar-refractivity contribution in [2.45, 2.75) is 46.6 Å². The lowest BCUT2D eigenvalue weighted by atomic mass is 9.77. The molecule has 20 heavy (non-hydrogen) atoms. The van der Waals surface area contributed by atoms with Gasteiger partial charge in [0.1, 0.15) is 5.82 Å². The highest BCUT2D eigenvalue weighted by atomic mass is 19.1. The summed E-state index contributed by atoms with van der Waals surface area (Å²) in [6.45, 7) is 9.27. The van der Waals surface area contributed by atoms with Gasteiger partial charge in [0.25, 0.3) is 0 Å². The van der Waals surface area contributed by atoms with Gasteiger partial charge in [0, 0.05) is 30.9 Å². The Kier molecular flexibility index (Phi) is 4.69. The molecule has 1 saturated heterocycles. The van der Waals surface area contributed by atoms with Crippen molar-refractivity contribution in [3.05, 3.63) is 29.6 Å². The summed E-state index contributed by atoms with van der Waals surface area (Å²) in [5, 5.41) is 0. The molecule has 2 nitrogen and oxygen atoms in total. The zero-order valence-corrected chi connectivity index (χ0v) is 13.0. The molecule has 0 aliphatic carbocycles. The normalized spacial score (nSPS) is 20.9. The van der Waals surface area contributed by atoms with Crippen molar-refractivity contribution in [1.29, 1.82) is 0 Å². The summed E-state index contributed by atoms with van der Waals surface area (Å²) in [5.41, 5.74) is 7.47. The lowest BCUT2D eigenvalue weighted by Gasteiger charge is -2.30. The van der Waals surface area contributed by atoms with E-state index in [9.17, 15) is 4.39 Å². The monoisotopic (exact) mass is 278 g/mol. The van der Waals surface area contributed by atoms with E-state index in [1.165, 1.54) is 19.3 Å². The third-order valence-electron chi connectivity index (χ3n) is 4.57. The summed E-state index contributed by atoms with van der Waals surface area (Å²) in [7, 11) is 0. The minimum absolute atomic E-state index is 0.179. The van der Waals surface area contributed by atoms with Gasteiger partial charge < -0.3 is 10.6 Å². The first kappa shape index (κ1) is 15.3. The Balaban J connectivity index is 2.09. The molecule has 1 aromatic carbocycles. The number of halogens is 1. The molecule has 3 heteroatoms. The molecular weight excluding hydrogens is 251 g/mol. The van der Waals surface area contributed by atoms with Crippen LogP contribution in [0.25, 0.3) is 0 Å². The summed E-state index contributed by atoms with van der Waals surface area (Å²) < 4.78 is 13.9. The third-order valence-corrected chi connectivity index (χ3v) is 4.57. The van der Waals surface area contributed by atoms with Crippen LogP contribution in [0, 0.1) is 17.2 Å². The number of anilines is 1. The summed E-state index contributed by atoms with van der Waals surface area (Å²) in [5.74, 6) is 0.572. The molecule has 1 fully saturated rings. The quantitative estimate of drug-likeness (QED) is 0.888. The van der Waals surface area contributed by atoms with E-state index in [0.29, 0.717) is 11.0 Å². The van der Waals surface area contributed by atoms with Gasteiger partial charge in [-0.3, -0.25) is 0 Å². The molecule has 2 rings (SSSR count). The molecule has 2 N–H and O–H groups in total. The van der Waals surface area contributed by atoms with Crippen molar-refractivity contribution in [1.82, 2.24) is 0 Å². The van der Waals surface area contributed by atoms with E-state index < -0.39 is 0 Å². The summed E-state index contributed by atoms with van der Waals surface area (Å²) >= 11 is 0. The molecule has 1 heterocycles. The van der Waals surface area contributed by atoms with Gasteiger partial charge in [-0.1, -0.05) is 26.8 Å². The zero-order valence-electron chi connectivity index (χ0n) is 13.0. The Morgan fingerprint density at radius 2 is 2.00 bits per heavy atom. The minimum atomic E-state index is -0.179. The second-order valence-electron chi connectivity index (χ2n) is 6.96. The average Bonchev–Trinajstić information content (AvgIpc) is 2.63. The molecule has 1 aliphatic heterocycles. The number of rotatable bonds is 2. The topological polar surface area (TPSA) is 29.3 Å². The summed E-state index contributed by atoms with van der Waals surface area (Å²) in [6.07, 6.45) is 3.63. The highest BCUT2D eigenvalue weighted by molar-refractivity contribution is 5.48. The fourth-order valence-corrected chi connectivity index (χ4v) is 3.12. The Morgan fingerprint density at radius 3 is 2.60 bits per heavy atom. The van der Waals surface area contributed by atoms with Crippen molar-refractivity contribution in [2.75, 3.05) is 18.0 Å². The molecule has 0 amide bonds. The number of benzene rings is 1. The van der Waals surface area contributed by atoms with Crippen LogP contribution in [0.15, 0.2) is 18.2 Å². The lowest BCUT2D eigenvalue weighted by Crippen LogP contribution is -2.26. The molecular formula is C17H27FN2. The first-order valence-corrected chi connectivity index (χ1v) is 7.65. The van der Waals surface area contributed by atoms with Gasteiger partial charge in [0.15, 0.2) is 0 Å². The largest absolute Gasteiger partial charge is 0.371 e. The molecule has 0 aromatic heterocycles. The van der Waals surface area contributed by atoms with Crippen molar-refractivity contribution >= 4 is 5.69 Å². The van der Waals surface area contributed by atoms with E-state index in [2.05, 4.69) is 25.7 Å². The zero-order chi connectivity index (χ0) is 14.8. The minimum Gasteiger partial charge on any atom is -0.371 e. The van der Waals surface area contributed by atoms with Crippen LogP contribution < -0.4 is 10.6 Å². The second-order valence-corrected chi connectivity index (χ2v) is 6.96. The Labute approximate surface area is 122 Å². The number of nitrogens with zero attached hydrogens (tertiary/aromatic N) is 1. The number of nitrogens with two attached hydrogens (primary N) is 1. The Bertz CT molecular complexity index is 451. The van der Waals surface area contributed by atoms with Crippen LogP contribution in [-0.4, -0.2) is 13.1 Å². The summed E-state index contributed by atoms with van der Waals surface area (Å²) in [4.78, 5) is 2.31. The molecule has 1 aliphatic rings. The van der Waals surface area contributed by atoms with Gasteiger partial charge in [-0.05, 0) is 42.7 Å². The van der Waals surface area contributed by atoms with E-state index in [1.54, 1.807) is 6.07 Å². The van der Waals surface area contributed by atoms with Crippen LogP contribution in [0.2, 0.25) is 0 Å². The second kappa shape index (κ2) is 6.13. The fourth-order valence-electron chi connectivity index (χ4n) is 3.12. The maximum absolute atomic E-state index is 13.9. The van der Waals surface area contributed by atoms with Gasteiger partial charge in [0.05, 0.1) is 0 Å². The highest BCUT2D eigenvalue weighted by Gasteiger charge is 2.27. The van der Waals surface area contributed by atoms with E-state index in [4.69, 9.17) is 5.73 Å². The molecule has 0 radical (unpaired) electrons. The Morgan fingerprint density at radius 1 is 1.25 bits per heavy atom. The molecule has 1 aromatic rings. The van der Waals surface area contributed by atoms with Crippen LogP contribution >= 0.6 is 0 Å². The van der Waals surface area contributed by atoms with Gasteiger partial charge in [0.2, 0.25) is 0 Å². The highest BCUT2D eigenvalue weighted by Crippen LogP contribution is 2.35. The van der Waals surface area contributed by atoms with Crippen LogP contribution in [-0.2, 0) is 6.54 Å². The molecule has 0 bridgehead atoms. The van der Waals surface area contributed by atoms with Crippen LogP contribution in [0.1, 0.15) is 45.6 Å². The van der Waals surface area contributed by atoms with Crippen molar-refractivity contribution < 1.29 is 4.39 Å².